The van der Waals surface area contributed by atoms with E-state index in [9.17, 15) is 0 Å². The largest absolute Gasteiger partial charge is 0.320 e. The van der Waals surface area contributed by atoms with Crippen LogP contribution < -0.4 is 4.68 Å². The maximum Gasteiger partial charge on any atom is 0.320 e. The second-order valence-electron chi connectivity index (χ2n) is 16.9. The Morgan fingerprint density at radius 3 is 2.32 bits per heavy atom. The monoisotopic (exact) mass is 694 g/mol. The molecule has 0 N–H and O–H groups in total. The van der Waals surface area contributed by atoms with Gasteiger partial charge in [0.2, 0.25) is 0 Å². The van der Waals surface area contributed by atoms with Gasteiger partial charge in [-0.15, -0.1) is 9.36 Å². The average molecular weight is 696 g/mol. The molecule has 0 amide bonds. The van der Waals surface area contributed by atoms with Gasteiger partial charge in [0.1, 0.15) is 12.2 Å². The van der Waals surface area contributed by atoms with Crippen molar-refractivity contribution in [3.8, 4) is 5.69 Å². The molecule has 7 rings (SSSR count). The van der Waals surface area contributed by atoms with E-state index in [2.05, 4.69) is 74.3 Å². The van der Waals surface area contributed by atoms with Crippen molar-refractivity contribution in [2.45, 2.75) is 118 Å². The first-order chi connectivity index (χ1) is 22.5. The highest BCUT2D eigenvalue weighted by Gasteiger charge is 2.61. The number of halogens is 3. The lowest BCUT2D eigenvalue weighted by Gasteiger charge is -2.59. The lowest BCUT2D eigenvalue weighted by Crippen LogP contribution is -2.53. The fourth-order valence-electron chi connectivity index (χ4n) is 11.6. The third-order valence-corrected chi connectivity index (χ3v) is 14.8. The minimum atomic E-state index is 0.316. The number of fused-ring (bicyclic) bond motifs is 6. The third-order valence-electron chi connectivity index (χ3n) is 14.0. The summed E-state index contributed by atoms with van der Waals surface area (Å²) in [6.07, 6.45) is 15.6. The molecule has 8 atom stereocenters. The van der Waals surface area contributed by atoms with Crippen molar-refractivity contribution in [1.82, 2.24) is 9.67 Å². The first kappa shape index (κ1) is 33.9. The molecule has 0 spiro atoms. The Balaban J connectivity index is 1.17. The summed E-state index contributed by atoms with van der Waals surface area (Å²) < 4.78 is 4.66. The van der Waals surface area contributed by atoms with Crippen molar-refractivity contribution in [3.05, 3.63) is 74.7 Å². The standard InChI is InChI=1S/C41H55Cl3N3/c1-26(2)10-9-11-27(3)32-16-17-33-31-15-14-29-23-37-45-38(22-28-12-7-6-8-13-28)47(39-35(43)24-30(42)25-36(39)44)46(37)21-20-40(29,4)34(31)18-19-41(32,33)5/h6-8,12-13,24-27,29,31-34H,9-11,14-23H2,1-5H3/q+1/t27-,29+,31+,32-,33+,34+,40+,41-/m1/s1. The van der Waals surface area contributed by atoms with E-state index in [1.165, 1.54) is 75.6 Å². The van der Waals surface area contributed by atoms with Crippen molar-refractivity contribution in [2.24, 2.45) is 52.3 Å². The van der Waals surface area contributed by atoms with Gasteiger partial charge in [-0.05, 0) is 120 Å². The maximum atomic E-state index is 6.93. The van der Waals surface area contributed by atoms with E-state index < -0.39 is 0 Å². The summed E-state index contributed by atoms with van der Waals surface area (Å²) >= 11 is 20.3. The Morgan fingerprint density at radius 1 is 0.872 bits per heavy atom. The highest BCUT2D eigenvalue weighted by molar-refractivity contribution is 6.40. The Kier molecular flexibility index (Phi) is 9.60. The van der Waals surface area contributed by atoms with Crippen molar-refractivity contribution < 1.29 is 4.68 Å². The van der Waals surface area contributed by atoms with Crippen molar-refractivity contribution in [3.63, 3.8) is 0 Å². The van der Waals surface area contributed by atoms with Gasteiger partial charge in [-0.2, -0.15) is 0 Å². The molecule has 0 unspecified atom stereocenters. The summed E-state index contributed by atoms with van der Waals surface area (Å²) in [5.41, 5.74) is 2.87. The fourth-order valence-corrected chi connectivity index (χ4v) is 12.6. The molecule has 47 heavy (non-hydrogen) atoms. The van der Waals surface area contributed by atoms with Crippen molar-refractivity contribution in [1.29, 1.82) is 0 Å². The van der Waals surface area contributed by atoms with Gasteiger partial charge in [0, 0.05) is 5.02 Å². The Hall–Kier alpha value is -1.55. The van der Waals surface area contributed by atoms with E-state index in [1.54, 1.807) is 0 Å². The van der Waals surface area contributed by atoms with Gasteiger partial charge in [0.05, 0.1) is 22.9 Å². The van der Waals surface area contributed by atoms with Crippen LogP contribution in [0.25, 0.3) is 5.69 Å². The number of benzene rings is 2. The first-order valence-electron chi connectivity index (χ1n) is 18.7. The van der Waals surface area contributed by atoms with Gasteiger partial charge in [-0.1, -0.05) is 119 Å². The smallest absolute Gasteiger partial charge is 0.149 e. The highest BCUT2D eigenvalue weighted by atomic mass is 35.5. The van der Waals surface area contributed by atoms with Crippen LogP contribution in [0, 0.1) is 52.3 Å². The van der Waals surface area contributed by atoms with E-state index in [0.717, 1.165) is 66.4 Å². The zero-order chi connectivity index (χ0) is 33.1. The van der Waals surface area contributed by atoms with E-state index in [4.69, 9.17) is 39.8 Å². The van der Waals surface area contributed by atoms with Crippen LogP contribution in [0.15, 0.2) is 42.5 Å². The predicted molar refractivity (Wildman–Crippen MR) is 196 cm³/mol. The number of aromatic nitrogens is 3. The number of hydrogen-bond donors (Lipinski definition) is 0. The summed E-state index contributed by atoms with van der Waals surface area (Å²) in [5, 5.41) is 1.69. The van der Waals surface area contributed by atoms with Crippen LogP contribution in [0.3, 0.4) is 0 Å². The summed E-state index contributed by atoms with van der Waals surface area (Å²) in [7, 11) is 0. The molecule has 2 aromatic carbocycles. The summed E-state index contributed by atoms with van der Waals surface area (Å²) in [4.78, 5) is 5.42. The predicted octanol–water partition coefficient (Wildman–Crippen LogP) is 11.6. The fraction of sp³-hybridized carbons (Fsp3) is 0.659. The highest BCUT2D eigenvalue weighted by Crippen LogP contribution is 2.67. The third kappa shape index (κ3) is 6.11. The van der Waals surface area contributed by atoms with E-state index in [0.29, 0.717) is 31.8 Å². The summed E-state index contributed by atoms with van der Waals surface area (Å²) in [6.45, 7) is 13.7. The molecule has 0 saturated heterocycles. The molecule has 3 saturated carbocycles. The molecule has 3 nitrogen and oxygen atoms in total. The second-order valence-corrected chi connectivity index (χ2v) is 18.2. The SMILES string of the molecule is CC(C)CCC[C@@H](C)[C@H]1CC[C@H]2[C@@H]3CC[C@H]4Cc5nc(Cc6ccccc6)n(-c6c(Cl)cc(Cl)cc6Cl)[n+]5CC[C@]4(C)[C@H]3CC[C@]12C. The van der Waals surface area contributed by atoms with Crippen LogP contribution in [-0.4, -0.2) is 9.67 Å². The van der Waals surface area contributed by atoms with Gasteiger partial charge in [0.15, 0.2) is 0 Å². The van der Waals surface area contributed by atoms with Crippen LogP contribution >= 0.6 is 34.8 Å². The molecular weight excluding hydrogens is 641 g/mol. The molecule has 1 aromatic heterocycles. The van der Waals surface area contributed by atoms with Gasteiger partial charge in [-0.25, -0.2) is 0 Å². The average Bonchev–Trinajstić information content (AvgIpc) is 3.49. The lowest BCUT2D eigenvalue weighted by molar-refractivity contribution is -0.774. The van der Waals surface area contributed by atoms with Crippen LogP contribution in [-0.2, 0) is 19.4 Å². The zero-order valence-corrected chi connectivity index (χ0v) is 31.5. The van der Waals surface area contributed by atoms with Gasteiger partial charge in [-0.3, -0.25) is 0 Å². The molecule has 3 aromatic rings. The van der Waals surface area contributed by atoms with Crippen LogP contribution in [0.1, 0.15) is 116 Å². The molecule has 3 aliphatic carbocycles. The van der Waals surface area contributed by atoms with E-state index >= 15 is 0 Å². The first-order valence-corrected chi connectivity index (χ1v) is 19.8. The zero-order valence-electron chi connectivity index (χ0n) is 29.3. The van der Waals surface area contributed by atoms with Crippen LogP contribution in [0.5, 0.6) is 0 Å². The van der Waals surface area contributed by atoms with Crippen LogP contribution in [0.4, 0.5) is 0 Å². The lowest BCUT2D eigenvalue weighted by atomic mass is 9.46. The number of rotatable bonds is 8. The number of hydrogen-bond acceptors (Lipinski definition) is 1. The summed E-state index contributed by atoms with van der Waals surface area (Å²) in [6, 6.07) is 14.2. The normalized spacial score (nSPS) is 32.3. The van der Waals surface area contributed by atoms with Gasteiger partial charge in [0.25, 0.3) is 5.82 Å². The number of nitrogens with zero attached hydrogens (tertiary/aromatic N) is 3. The molecule has 254 valence electrons. The molecule has 2 heterocycles. The summed E-state index contributed by atoms with van der Waals surface area (Å²) in [5.74, 6) is 7.97. The molecular formula is C41H55Cl3N3+. The van der Waals surface area contributed by atoms with Crippen molar-refractivity contribution >= 4 is 34.8 Å². The van der Waals surface area contributed by atoms with E-state index in [-0.39, 0.29) is 0 Å². The molecule has 0 radical (unpaired) electrons. The van der Waals surface area contributed by atoms with Crippen LogP contribution in [0.2, 0.25) is 15.1 Å². The Bertz CT molecular complexity index is 1560. The van der Waals surface area contributed by atoms with Gasteiger partial charge >= 0.3 is 5.82 Å². The Labute approximate surface area is 298 Å². The van der Waals surface area contributed by atoms with E-state index in [1.807, 2.05) is 12.1 Å². The minimum Gasteiger partial charge on any atom is -0.149 e. The maximum absolute atomic E-state index is 6.93. The molecule has 0 bridgehead atoms. The second kappa shape index (κ2) is 13.3. The Morgan fingerprint density at radius 2 is 1.60 bits per heavy atom. The topological polar surface area (TPSA) is 21.7 Å². The van der Waals surface area contributed by atoms with Gasteiger partial charge < -0.3 is 0 Å². The molecule has 3 fully saturated rings. The minimum absolute atomic E-state index is 0.316. The van der Waals surface area contributed by atoms with Crippen molar-refractivity contribution in [2.75, 3.05) is 0 Å². The quantitative estimate of drug-likeness (QED) is 0.215. The molecule has 4 aliphatic rings. The molecule has 1 aliphatic heterocycles. The molecule has 6 heteroatoms.